The van der Waals surface area contributed by atoms with E-state index in [0.29, 0.717) is 30.5 Å². The number of rotatable bonds is 7. The van der Waals surface area contributed by atoms with Crippen LogP contribution in [0, 0.1) is 6.92 Å². The van der Waals surface area contributed by atoms with Gasteiger partial charge in [0.05, 0.1) is 21.5 Å². The van der Waals surface area contributed by atoms with Gasteiger partial charge in [-0.25, -0.2) is 13.4 Å². The van der Waals surface area contributed by atoms with Gasteiger partial charge in [-0.3, -0.25) is 4.79 Å². The third-order valence-electron chi connectivity index (χ3n) is 6.05. The molecule has 2 aromatic rings. The molecule has 31 heavy (non-hydrogen) atoms. The average molecular weight is 480 g/mol. The summed E-state index contributed by atoms with van der Waals surface area (Å²) in [5, 5.41) is 5.88. The zero-order valence-corrected chi connectivity index (χ0v) is 20.2. The van der Waals surface area contributed by atoms with Crippen molar-refractivity contribution in [3.05, 3.63) is 45.9 Å². The molecule has 1 saturated carbocycles. The molecular formula is C22H29N3O3S3. The molecular weight excluding hydrogens is 450 g/mol. The Morgan fingerprint density at radius 3 is 2.61 bits per heavy atom. The number of hydrogen-bond donors (Lipinski definition) is 1. The number of hydrogen-bond acceptors (Lipinski definition) is 6. The molecule has 6 nitrogen and oxygen atoms in total. The number of carbonyl (C=O) groups is 1. The molecule has 2 aliphatic rings. The van der Waals surface area contributed by atoms with Gasteiger partial charge in [0.2, 0.25) is 15.9 Å². The predicted octanol–water partition coefficient (Wildman–Crippen LogP) is 3.92. The third-order valence-corrected chi connectivity index (χ3v) is 9.92. The molecule has 0 radical (unpaired) electrons. The van der Waals surface area contributed by atoms with Crippen LogP contribution >= 0.6 is 23.1 Å². The third kappa shape index (κ3) is 5.32. The predicted molar refractivity (Wildman–Crippen MR) is 126 cm³/mol. The summed E-state index contributed by atoms with van der Waals surface area (Å²) in [6.45, 7) is 2.40. The van der Waals surface area contributed by atoms with E-state index in [0.717, 1.165) is 10.7 Å². The molecule has 2 heterocycles. The van der Waals surface area contributed by atoms with Crippen LogP contribution in [0.3, 0.4) is 0 Å². The van der Waals surface area contributed by atoms with Gasteiger partial charge in [-0.15, -0.1) is 23.1 Å². The summed E-state index contributed by atoms with van der Waals surface area (Å²) in [7, 11) is -3.71. The molecule has 0 bridgehead atoms. The minimum absolute atomic E-state index is 0.237. The Hall–Kier alpha value is -1.42. The Labute approximate surface area is 192 Å². The lowest BCUT2D eigenvalue weighted by Crippen LogP contribution is -2.47. The molecule has 1 N–H and O–H groups in total. The number of aryl methyl sites for hydroxylation is 1. The van der Waals surface area contributed by atoms with E-state index in [1.165, 1.54) is 53.7 Å². The highest BCUT2D eigenvalue weighted by Crippen LogP contribution is 2.34. The molecule has 4 rings (SSSR count). The van der Waals surface area contributed by atoms with Crippen LogP contribution in [0.25, 0.3) is 0 Å². The van der Waals surface area contributed by atoms with E-state index in [1.54, 1.807) is 23.5 Å². The van der Waals surface area contributed by atoms with Crippen molar-refractivity contribution in [2.75, 3.05) is 18.2 Å². The van der Waals surface area contributed by atoms with Crippen molar-refractivity contribution < 1.29 is 13.2 Å². The molecule has 1 atom stereocenters. The molecule has 9 heteroatoms. The van der Waals surface area contributed by atoms with Gasteiger partial charge in [0.1, 0.15) is 6.04 Å². The zero-order chi connectivity index (χ0) is 21.8. The van der Waals surface area contributed by atoms with E-state index in [-0.39, 0.29) is 10.8 Å². The Morgan fingerprint density at radius 2 is 1.94 bits per heavy atom. The fourth-order valence-electron chi connectivity index (χ4n) is 4.31. The molecule has 1 unspecified atom stereocenters. The van der Waals surface area contributed by atoms with E-state index in [2.05, 4.69) is 10.3 Å². The maximum Gasteiger partial charge on any atom is 0.244 e. The number of benzene rings is 1. The molecule has 1 aliphatic heterocycles. The number of nitrogens with zero attached hydrogens (tertiary/aromatic N) is 2. The summed E-state index contributed by atoms with van der Waals surface area (Å²) in [4.78, 5) is 17.4. The van der Waals surface area contributed by atoms with E-state index in [1.807, 2.05) is 24.4 Å². The highest BCUT2D eigenvalue weighted by Gasteiger charge is 2.40. The van der Waals surface area contributed by atoms with E-state index < -0.39 is 16.1 Å². The fourth-order valence-corrected chi connectivity index (χ4v) is 8.10. The monoisotopic (exact) mass is 479 g/mol. The van der Waals surface area contributed by atoms with Crippen LogP contribution in [0.15, 0.2) is 34.5 Å². The minimum atomic E-state index is -3.71. The van der Waals surface area contributed by atoms with Gasteiger partial charge in [-0.2, -0.15) is 4.31 Å². The van der Waals surface area contributed by atoms with Crippen LogP contribution in [0.5, 0.6) is 0 Å². The van der Waals surface area contributed by atoms with Crippen LogP contribution in [0.1, 0.15) is 54.3 Å². The van der Waals surface area contributed by atoms with Gasteiger partial charge in [0.15, 0.2) is 0 Å². The average Bonchev–Trinajstić information content (AvgIpc) is 3.44. The summed E-state index contributed by atoms with van der Waals surface area (Å²) in [5.41, 5.74) is 2.17. The molecule has 2 fully saturated rings. The van der Waals surface area contributed by atoms with Gasteiger partial charge in [0, 0.05) is 24.1 Å². The highest BCUT2D eigenvalue weighted by molar-refractivity contribution is 8.00. The van der Waals surface area contributed by atoms with Crippen molar-refractivity contribution in [2.45, 2.75) is 62.3 Å². The van der Waals surface area contributed by atoms with E-state index >= 15 is 0 Å². The van der Waals surface area contributed by atoms with Crippen molar-refractivity contribution in [3.63, 3.8) is 0 Å². The first-order valence-corrected chi connectivity index (χ1v) is 14.3. The first-order chi connectivity index (χ1) is 14.9. The van der Waals surface area contributed by atoms with E-state index in [9.17, 15) is 13.2 Å². The first kappa shape index (κ1) is 22.8. The second-order valence-corrected chi connectivity index (χ2v) is 12.2. The number of nitrogens with one attached hydrogen (secondary N) is 1. The van der Waals surface area contributed by atoms with Crippen LogP contribution in [0.4, 0.5) is 0 Å². The number of amides is 1. The molecule has 168 valence electrons. The lowest BCUT2D eigenvalue weighted by Gasteiger charge is -2.24. The maximum absolute atomic E-state index is 13.3. The van der Waals surface area contributed by atoms with Crippen LogP contribution in [-0.2, 0) is 21.2 Å². The topological polar surface area (TPSA) is 79.4 Å². The summed E-state index contributed by atoms with van der Waals surface area (Å²) >= 11 is 3.06. The summed E-state index contributed by atoms with van der Waals surface area (Å²) in [6, 6.07) is 6.66. The Kier molecular flexibility index (Phi) is 7.36. The fraction of sp³-hybridized carbons (Fsp3) is 0.545. The Bertz CT molecular complexity index is 999. The van der Waals surface area contributed by atoms with Crippen LogP contribution in [-0.4, -0.2) is 47.8 Å². The molecule has 1 saturated heterocycles. The lowest BCUT2D eigenvalue weighted by atomic mass is 9.84. The van der Waals surface area contributed by atoms with Gasteiger partial charge in [0.25, 0.3) is 0 Å². The van der Waals surface area contributed by atoms with Gasteiger partial charge in [-0.05, 0) is 43.4 Å². The van der Waals surface area contributed by atoms with Crippen LogP contribution < -0.4 is 5.32 Å². The smallest absolute Gasteiger partial charge is 0.244 e. The number of carbonyl (C=O) groups excluding carboxylic acids is 1. The molecule has 1 amide bonds. The van der Waals surface area contributed by atoms with Crippen molar-refractivity contribution in [2.24, 2.45) is 0 Å². The number of thioether (sulfide) groups is 1. The van der Waals surface area contributed by atoms with Crippen molar-refractivity contribution in [1.29, 1.82) is 0 Å². The number of thiazole rings is 1. The van der Waals surface area contributed by atoms with Gasteiger partial charge >= 0.3 is 0 Å². The first-order valence-electron chi connectivity index (χ1n) is 10.8. The molecule has 1 aromatic carbocycles. The normalized spacial score (nSPS) is 20.7. The van der Waals surface area contributed by atoms with E-state index in [4.69, 9.17) is 0 Å². The molecule has 1 aromatic heterocycles. The van der Waals surface area contributed by atoms with Crippen molar-refractivity contribution >= 4 is 39.0 Å². The molecule has 1 aliphatic carbocycles. The molecule has 0 spiro atoms. The zero-order valence-electron chi connectivity index (χ0n) is 17.7. The summed E-state index contributed by atoms with van der Waals surface area (Å²) < 4.78 is 27.9. The largest absolute Gasteiger partial charge is 0.354 e. The van der Waals surface area contributed by atoms with Crippen molar-refractivity contribution in [3.8, 4) is 0 Å². The Morgan fingerprint density at radius 1 is 1.19 bits per heavy atom. The number of sulfonamides is 1. The highest BCUT2D eigenvalue weighted by atomic mass is 32.2. The van der Waals surface area contributed by atoms with Crippen molar-refractivity contribution in [1.82, 2.24) is 14.6 Å². The second-order valence-electron chi connectivity index (χ2n) is 8.21. The van der Waals surface area contributed by atoms with Crippen LogP contribution in [0.2, 0.25) is 0 Å². The Balaban J connectivity index is 1.39. The van der Waals surface area contributed by atoms with Gasteiger partial charge < -0.3 is 5.32 Å². The lowest BCUT2D eigenvalue weighted by molar-refractivity contribution is -0.123. The minimum Gasteiger partial charge on any atom is -0.354 e. The maximum atomic E-state index is 13.3. The SMILES string of the molecule is Cc1nc(CCNC(=O)C2CSCN2S(=O)(=O)c2ccc(C3CCCCC3)cc2)cs1. The van der Waals surface area contributed by atoms with Gasteiger partial charge in [-0.1, -0.05) is 31.4 Å². The quantitative estimate of drug-likeness (QED) is 0.651. The second kappa shape index (κ2) is 10.0. The summed E-state index contributed by atoms with van der Waals surface area (Å²) in [5.74, 6) is 1.07. The summed E-state index contributed by atoms with van der Waals surface area (Å²) in [6.07, 6.45) is 6.78. The number of aromatic nitrogens is 1. The standard InChI is InChI=1S/C22H29N3O3S3/c1-16-24-19(13-30-16)11-12-23-22(26)21-14-29-15-25(21)31(27,28)20-9-7-18(8-10-20)17-5-3-2-4-6-17/h7-10,13,17,21H,2-6,11-12,14-15H2,1H3,(H,23,26).